The number of rotatable bonds is 3. The summed E-state index contributed by atoms with van der Waals surface area (Å²) in [4.78, 5) is 14.1. The van der Waals surface area contributed by atoms with Gasteiger partial charge in [-0.2, -0.15) is 13.2 Å². The molecule has 0 N–H and O–H groups in total. The van der Waals surface area contributed by atoms with Crippen LogP contribution in [0.3, 0.4) is 0 Å². The van der Waals surface area contributed by atoms with Crippen molar-refractivity contribution in [2.45, 2.75) is 25.9 Å². The van der Waals surface area contributed by atoms with Crippen LogP contribution in [0.2, 0.25) is 0 Å². The lowest BCUT2D eigenvalue weighted by Gasteiger charge is -2.14. The molecular weight excluding hydrogens is 273 g/mol. The van der Waals surface area contributed by atoms with Gasteiger partial charge in [0.15, 0.2) is 0 Å². The number of hydrogen-bond donors (Lipinski definition) is 0. The fourth-order valence-electron chi connectivity index (χ4n) is 1.54. The van der Waals surface area contributed by atoms with Gasteiger partial charge in [0.2, 0.25) is 0 Å². The van der Waals surface area contributed by atoms with E-state index >= 15 is 0 Å². The second kappa shape index (κ2) is 5.50. The lowest BCUT2D eigenvalue weighted by atomic mass is 10.0. The third kappa shape index (κ3) is 3.62. The summed E-state index contributed by atoms with van der Waals surface area (Å²) in [6, 6.07) is 0.530. The molecule has 0 amide bonds. The predicted molar refractivity (Wildman–Crippen MR) is 54.7 cm³/mol. The lowest BCUT2D eigenvalue weighted by Crippen LogP contribution is -2.16. The Kier molecular flexibility index (Phi) is 4.43. The average molecular weight is 283 g/mol. The molecule has 0 radical (unpaired) electrons. The van der Waals surface area contributed by atoms with E-state index in [9.17, 15) is 26.7 Å². The number of alkyl halides is 5. The van der Waals surface area contributed by atoms with Crippen molar-refractivity contribution in [1.82, 2.24) is 4.98 Å². The number of halogens is 5. The van der Waals surface area contributed by atoms with E-state index in [0.29, 0.717) is 6.07 Å². The molecular formula is C11H10F5NO2. The topological polar surface area (TPSA) is 39.2 Å². The Hall–Kier alpha value is -1.73. The molecule has 1 heterocycles. The van der Waals surface area contributed by atoms with Crippen LogP contribution in [0.4, 0.5) is 22.0 Å². The van der Waals surface area contributed by atoms with Crippen molar-refractivity contribution in [2.24, 2.45) is 0 Å². The predicted octanol–water partition coefficient (Wildman–Crippen LogP) is 3.06. The molecule has 1 aromatic rings. The van der Waals surface area contributed by atoms with Crippen molar-refractivity contribution >= 4 is 5.97 Å². The zero-order chi connectivity index (χ0) is 14.8. The molecule has 8 heteroatoms. The monoisotopic (exact) mass is 283 g/mol. The number of carbonyl (C=O) groups excluding carboxylic acids is 1. The quantitative estimate of drug-likeness (QED) is 0.632. The van der Waals surface area contributed by atoms with Gasteiger partial charge in [-0.15, -0.1) is 0 Å². The van der Waals surface area contributed by atoms with Gasteiger partial charge in [-0.1, -0.05) is 0 Å². The van der Waals surface area contributed by atoms with E-state index in [1.165, 1.54) is 0 Å². The summed E-state index contributed by atoms with van der Waals surface area (Å²) >= 11 is 0. The summed E-state index contributed by atoms with van der Waals surface area (Å²) in [5.41, 5.74) is -2.86. The summed E-state index contributed by atoms with van der Waals surface area (Å²) < 4.78 is 67.4. The van der Waals surface area contributed by atoms with E-state index in [-0.39, 0.29) is 5.56 Å². The summed E-state index contributed by atoms with van der Waals surface area (Å²) in [7, 11) is 1.00. The second-order valence-corrected chi connectivity index (χ2v) is 3.74. The van der Waals surface area contributed by atoms with Crippen molar-refractivity contribution in [3.8, 4) is 0 Å². The molecule has 0 aliphatic heterocycles. The Labute approximate surface area is 105 Å². The number of pyridine rings is 1. The number of esters is 1. The van der Waals surface area contributed by atoms with Gasteiger partial charge in [0.25, 0.3) is 6.43 Å². The van der Waals surface area contributed by atoms with Crippen molar-refractivity contribution in [3.63, 3.8) is 0 Å². The summed E-state index contributed by atoms with van der Waals surface area (Å²) in [5.74, 6) is -0.937. The number of aromatic nitrogens is 1. The zero-order valence-corrected chi connectivity index (χ0v) is 10.0. The lowest BCUT2D eigenvalue weighted by molar-refractivity contribution is -0.143. The highest BCUT2D eigenvalue weighted by molar-refractivity contribution is 5.72. The number of methoxy groups -OCH3 is 1. The minimum Gasteiger partial charge on any atom is -0.469 e. The Balaban J connectivity index is 3.37. The summed E-state index contributed by atoms with van der Waals surface area (Å²) in [6.45, 7) is 1.11. The number of aryl methyl sites for hydroxylation is 1. The van der Waals surface area contributed by atoms with Crippen LogP contribution in [-0.2, 0) is 22.1 Å². The van der Waals surface area contributed by atoms with E-state index in [0.717, 1.165) is 14.0 Å². The SMILES string of the molecule is COC(=O)Cc1nc(C(F)(F)F)cc(C)c1C(F)F. The number of nitrogens with zero attached hydrogens (tertiary/aromatic N) is 1. The van der Waals surface area contributed by atoms with Crippen LogP contribution in [0.15, 0.2) is 6.07 Å². The normalized spacial score (nSPS) is 11.8. The molecule has 0 unspecified atom stereocenters. The second-order valence-electron chi connectivity index (χ2n) is 3.74. The van der Waals surface area contributed by atoms with Gasteiger partial charge in [0.05, 0.1) is 19.2 Å². The first-order chi connectivity index (χ1) is 8.66. The smallest absolute Gasteiger partial charge is 0.433 e. The average Bonchev–Trinajstić information content (AvgIpc) is 2.26. The van der Waals surface area contributed by atoms with E-state index in [1.807, 2.05) is 0 Å². The molecule has 0 fully saturated rings. The fraction of sp³-hybridized carbons (Fsp3) is 0.455. The zero-order valence-electron chi connectivity index (χ0n) is 10.0. The Morgan fingerprint density at radius 2 is 2.00 bits per heavy atom. The van der Waals surface area contributed by atoms with Crippen molar-refractivity contribution in [2.75, 3.05) is 7.11 Å². The van der Waals surface area contributed by atoms with E-state index in [1.54, 1.807) is 0 Å². The van der Waals surface area contributed by atoms with Crippen LogP contribution >= 0.6 is 0 Å². The van der Waals surface area contributed by atoms with Gasteiger partial charge in [-0.25, -0.2) is 13.8 Å². The molecule has 0 bridgehead atoms. The summed E-state index contributed by atoms with van der Waals surface area (Å²) in [6.07, 6.45) is -8.52. The van der Waals surface area contributed by atoms with Crippen molar-refractivity contribution in [1.29, 1.82) is 0 Å². The number of ether oxygens (including phenoxy) is 1. The molecule has 0 atom stereocenters. The molecule has 1 rings (SSSR count). The van der Waals surface area contributed by atoms with E-state index in [2.05, 4.69) is 9.72 Å². The minimum absolute atomic E-state index is 0.267. The molecule has 106 valence electrons. The van der Waals surface area contributed by atoms with Gasteiger partial charge in [0, 0.05) is 5.56 Å². The molecule has 0 spiro atoms. The number of hydrogen-bond acceptors (Lipinski definition) is 3. The van der Waals surface area contributed by atoms with Crippen molar-refractivity contribution < 1.29 is 31.5 Å². The molecule has 0 aliphatic rings. The first kappa shape index (κ1) is 15.3. The molecule has 19 heavy (non-hydrogen) atoms. The minimum atomic E-state index is -4.77. The van der Waals surface area contributed by atoms with Crippen LogP contribution in [-0.4, -0.2) is 18.1 Å². The maximum atomic E-state index is 12.8. The molecule has 3 nitrogen and oxygen atoms in total. The molecule has 1 aromatic heterocycles. The van der Waals surface area contributed by atoms with Gasteiger partial charge < -0.3 is 4.74 Å². The first-order valence-corrected chi connectivity index (χ1v) is 5.09. The standard InChI is InChI=1S/C11H10F5NO2/c1-5-3-7(11(14,15)16)17-6(4-8(18)19-2)9(5)10(12)13/h3,10H,4H2,1-2H3. The van der Waals surface area contributed by atoms with Crippen LogP contribution in [0.5, 0.6) is 0 Å². The first-order valence-electron chi connectivity index (χ1n) is 5.09. The van der Waals surface area contributed by atoms with Gasteiger partial charge in [-0.05, 0) is 18.6 Å². The summed E-state index contributed by atoms with van der Waals surface area (Å²) in [5, 5.41) is 0. The van der Waals surface area contributed by atoms with Gasteiger partial charge >= 0.3 is 12.1 Å². The Morgan fingerprint density at radius 1 is 1.42 bits per heavy atom. The van der Waals surface area contributed by atoms with Crippen LogP contribution in [0.1, 0.15) is 28.9 Å². The fourth-order valence-corrected chi connectivity index (χ4v) is 1.54. The van der Waals surface area contributed by atoms with Crippen LogP contribution in [0, 0.1) is 6.92 Å². The van der Waals surface area contributed by atoms with Crippen molar-refractivity contribution in [3.05, 3.63) is 28.6 Å². The molecule has 0 saturated heterocycles. The van der Waals surface area contributed by atoms with Crippen LogP contribution in [0.25, 0.3) is 0 Å². The molecule has 0 aromatic carbocycles. The Bertz CT molecular complexity index is 485. The highest BCUT2D eigenvalue weighted by atomic mass is 19.4. The van der Waals surface area contributed by atoms with E-state index < -0.39 is 41.9 Å². The third-order valence-electron chi connectivity index (χ3n) is 2.39. The third-order valence-corrected chi connectivity index (χ3v) is 2.39. The highest BCUT2D eigenvalue weighted by Crippen LogP contribution is 2.33. The molecule has 0 saturated carbocycles. The largest absolute Gasteiger partial charge is 0.469 e. The maximum Gasteiger partial charge on any atom is 0.433 e. The highest BCUT2D eigenvalue weighted by Gasteiger charge is 2.35. The van der Waals surface area contributed by atoms with Gasteiger partial charge in [-0.3, -0.25) is 4.79 Å². The van der Waals surface area contributed by atoms with E-state index in [4.69, 9.17) is 0 Å². The molecule has 0 aliphatic carbocycles. The van der Waals surface area contributed by atoms with Crippen LogP contribution < -0.4 is 0 Å². The van der Waals surface area contributed by atoms with Gasteiger partial charge in [0.1, 0.15) is 5.69 Å². The Morgan fingerprint density at radius 3 is 2.42 bits per heavy atom. The maximum absolute atomic E-state index is 12.8. The number of carbonyl (C=O) groups is 1.